The Morgan fingerprint density at radius 2 is 2.35 bits per heavy atom. The zero-order valence-electron chi connectivity index (χ0n) is 9.62. The third kappa shape index (κ3) is 2.76. The Labute approximate surface area is 103 Å². The first-order valence-electron chi connectivity index (χ1n) is 5.25. The van der Waals surface area contributed by atoms with Crippen molar-refractivity contribution in [3.8, 4) is 0 Å². The van der Waals surface area contributed by atoms with Crippen LogP contribution >= 0.6 is 11.8 Å². The standard InChI is InChI=1S/C11H13N3O2S/c1-7-3-9-12-6-13-14(9)10(4-7)17-8(2)5-11(15)16/h3-4,6,8H,5H2,1-2H3,(H,15,16). The van der Waals surface area contributed by atoms with E-state index in [1.54, 1.807) is 4.52 Å². The number of hydrogen-bond acceptors (Lipinski definition) is 4. The number of rotatable bonds is 4. The number of carboxylic acids is 1. The molecule has 6 heteroatoms. The lowest BCUT2D eigenvalue weighted by atomic mass is 10.3. The SMILES string of the molecule is Cc1cc(SC(C)CC(=O)O)n2ncnc2c1. The van der Waals surface area contributed by atoms with Gasteiger partial charge in [-0.15, -0.1) is 11.8 Å². The molecule has 0 saturated heterocycles. The second-order valence-corrected chi connectivity index (χ2v) is 5.39. The Balaban J connectivity index is 2.28. The van der Waals surface area contributed by atoms with Crippen LogP contribution < -0.4 is 0 Å². The molecule has 2 rings (SSSR count). The van der Waals surface area contributed by atoms with Gasteiger partial charge < -0.3 is 5.11 Å². The number of carbonyl (C=O) groups is 1. The molecule has 0 aliphatic rings. The minimum absolute atomic E-state index is 0.00157. The number of nitrogens with zero attached hydrogens (tertiary/aromatic N) is 3. The molecule has 17 heavy (non-hydrogen) atoms. The third-order valence-electron chi connectivity index (χ3n) is 2.27. The van der Waals surface area contributed by atoms with E-state index in [2.05, 4.69) is 10.1 Å². The van der Waals surface area contributed by atoms with Crippen LogP contribution in [-0.4, -0.2) is 30.9 Å². The number of fused-ring (bicyclic) bond motifs is 1. The maximum absolute atomic E-state index is 10.6. The summed E-state index contributed by atoms with van der Waals surface area (Å²) in [5, 5.41) is 13.8. The van der Waals surface area contributed by atoms with Gasteiger partial charge in [-0.3, -0.25) is 4.79 Å². The van der Waals surface area contributed by atoms with Gasteiger partial charge in [0.2, 0.25) is 0 Å². The molecule has 0 fully saturated rings. The van der Waals surface area contributed by atoms with Crippen LogP contribution in [0.5, 0.6) is 0 Å². The van der Waals surface area contributed by atoms with Gasteiger partial charge in [0, 0.05) is 5.25 Å². The molecular formula is C11H13N3O2S. The van der Waals surface area contributed by atoms with Crippen LogP contribution in [0.4, 0.5) is 0 Å². The van der Waals surface area contributed by atoms with Crippen LogP contribution in [0.1, 0.15) is 18.9 Å². The Kier molecular flexibility index (Phi) is 3.33. The lowest BCUT2D eigenvalue weighted by Gasteiger charge is -2.10. The summed E-state index contributed by atoms with van der Waals surface area (Å²) in [5.74, 6) is -0.785. The average Bonchev–Trinajstić information content (AvgIpc) is 2.63. The molecule has 1 unspecified atom stereocenters. The van der Waals surface area contributed by atoms with Crippen LogP contribution in [0.15, 0.2) is 23.5 Å². The van der Waals surface area contributed by atoms with Crippen LogP contribution in [0.25, 0.3) is 5.65 Å². The summed E-state index contributed by atoms with van der Waals surface area (Å²) in [7, 11) is 0. The maximum atomic E-state index is 10.6. The molecule has 0 saturated carbocycles. The molecular weight excluding hydrogens is 238 g/mol. The fourth-order valence-electron chi connectivity index (χ4n) is 1.60. The van der Waals surface area contributed by atoms with Crippen molar-refractivity contribution in [1.82, 2.24) is 14.6 Å². The molecule has 5 nitrogen and oxygen atoms in total. The van der Waals surface area contributed by atoms with Gasteiger partial charge in [-0.2, -0.15) is 5.10 Å². The van der Waals surface area contributed by atoms with E-state index >= 15 is 0 Å². The molecule has 0 aliphatic carbocycles. The highest BCUT2D eigenvalue weighted by Gasteiger charge is 2.12. The van der Waals surface area contributed by atoms with E-state index in [9.17, 15) is 4.79 Å². The highest BCUT2D eigenvalue weighted by Crippen LogP contribution is 2.26. The largest absolute Gasteiger partial charge is 0.481 e. The van der Waals surface area contributed by atoms with Gasteiger partial charge in [0.15, 0.2) is 5.65 Å². The van der Waals surface area contributed by atoms with Crippen molar-refractivity contribution < 1.29 is 9.90 Å². The van der Waals surface area contributed by atoms with E-state index in [0.29, 0.717) is 0 Å². The summed E-state index contributed by atoms with van der Waals surface area (Å²) < 4.78 is 1.73. The minimum Gasteiger partial charge on any atom is -0.481 e. The fourth-order valence-corrected chi connectivity index (χ4v) is 2.73. The molecule has 90 valence electrons. The second kappa shape index (κ2) is 4.75. The summed E-state index contributed by atoms with van der Waals surface area (Å²) in [4.78, 5) is 14.8. The molecule has 1 atom stereocenters. The molecule has 0 spiro atoms. The quantitative estimate of drug-likeness (QED) is 0.842. The van der Waals surface area contributed by atoms with E-state index in [1.807, 2.05) is 26.0 Å². The molecule has 2 aromatic rings. The number of aliphatic carboxylic acids is 1. The molecule has 1 N–H and O–H groups in total. The Morgan fingerprint density at radius 3 is 3.06 bits per heavy atom. The Hall–Kier alpha value is -1.56. The van der Waals surface area contributed by atoms with Crippen molar-refractivity contribution in [2.24, 2.45) is 0 Å². The predicted octanol–water partition coefficient (Wildman–Crippen LogP) is 1.99. The van der Waals surface area contributed by atoms with Crippen molar-refractivity contribution >= 4 is 23.4 Å². The molecule has 0 aromatic carbocycles. The van der Waals surface area contributed by atoms with E-state index in [0.717, 1.165) is 16.2 Å². The molecule has 0 amide bonds. The number of carboxylic acid groups (broad SMARTS) is 1. The van der Waals surface area contributed by atoms with Crippen molar-refractivity contribution in [1.29, 1.82) is 0 Å². The lowest BCUT2D eigenvalue weighted by molar-refractivity contribution is -0.136. The zero-order chi connectivity index (χ0) is 12.4. The van der Waals surface area contributed by atoms with Gasteiger partial charge in [-0.05, 0) is 24.6 Å². The first-order valence-corrected chi connectivity index (χ1v) is 6.13. The maximum Gasteiger partial charge on any atom is 0.304 e. The highest BCUT2D eigenvalue weighted by molar-refractivity contribution is 7.99. The number of thioether (sulfide) groups is 1. The Bertz CT molecular complexity index is 553. The normalized spacial score (nSPS) is 12.8. The second-order valence-electron chi connectivity index (χ2n) is 3.93. The van der Waals surface area contributed by atoms with Crippen molar-refractivity contribution in [3.63, 3.8) is 0 Å². The fraction of sp³-hybridized carbons (Fsp3) is 0.364. The Morgan fingerprint density at radius 1 is 1.59 bits per heavy atom. The molecule has 2 aromatic heterocycles. The number of hydrogen-bond donors (Lipinski definition) is 1. The molecule has 2 heterocycles. The van der Waals surface area contributed by atoms with Gasteiger partial charge in [0.05, 0.1) is 6.42 Å². The highest BCUT2D eigenvalue weighted by atomic mass is 32.2. The summed E-state index contributed by atoms with van der Waals surface area (Å²) in [6.07, 6.45) is 1.63. The van der Waals surface area contributed by atoms with Crippen molar-refractivity contribution in [3.05, 3.63) is 24.0 Å². The number of aryl methyl sites for hydroxylation is 1. The number of pyridine rings is 1. The third-order valence-corrected chi connectivity index (χ3v) is 3.38. The van der Waals surface area contributed by atoms with Crippen LogP contribution in [-0.2, 0) is 4.79 Å². The molecule has 0 bridgehead atoms. The lowest BCUT2D eigenvalue weighted by Crippen LogP contribution is -2.07. The van der Waals surface area contributed by atoms with E-state index < -0.39 is 5.97 Å². The first kappa shape index (κ1) is 11.9. The van der Waals surface area contributed by atoms with Gasteiger partial charge in [-0.1, -0.05) is 6.92 Å². The summed E-state index contributed by atoms with van der Waals surface area (Å²) >= 11 is 1.50. The zero-order valence-corrected chi connectivity index (χ0v) is 10.4. The van der Waals surface area contributed by atoms with Crippen LogP contribution in [0, 0.1) is 6.92 Å². The number of aromatic nitrogens is 3. The summed E-state index contributed by atoms with van der Waals surface area (Å²) in [6, 6.07) is 3.93. The van der Waals surface area contributed by atoms with Crippen molar-refractivity contribution in [2.45, 2.75) is 30.5 Å². The monoisotopic (exact) mass is 251 g/mol. The smallest absolute Gasteiger partial charge is 0.304 e. The van der Waals surface area contributed by atoms with E-state index in [4.69, 9.17) is 5.11 Å². The van der Waals surface area contributed by atoms with E-state index in [-0.39, 0.29) is 11.7 Å². The van der Waals surface area contributed by atoms with Gasteiger partial charge >= 0.3 is 5.97 Å². The van der Waals surface area contributed by atoms with Crippen molar-refractivity contribution in [2.75, 3.05) is 0 Å². The predicted molar refractivity (Wildman–Crippen MR) is 65.3 cm³/mol. The molecule has 0 aliphatic heterocycles. The van der Waals surface area contributed by atoms with Gasteiger partial charge in [-0.25, -0.2) is 9.50 Å². The summed E-state index contributed by atoms with van der Waals surface area (Å²) in [5.41, 5.74) is 1.88. The van der Waals surface area contributed by atoms with Crippen LogP contribution in [0.3, 0.4) is 0 Å². The van der Waals surface area contributed by atoms with Gasteiger partial charge in [0.1, 0.15) is 11.4 Å². The van der Waals surface area contributed by atoms with Gasteiger partial charge in [0.25, 0.3) is 0 Å². The average molecular weight is 251 g/mol. The minimum atomic E-state index is -0.785. The van der Waals surface area contributed by atoms with Crippen LogP contribution in [0.2, 0.25) is 0 Å². The van der Waals surface area contributed by atoms with E-state index in [1.165, 1.54) is 18.1 Å². The summed E-state index contributed by atoms with van der Waals surface area (Å²) in [6.45, 7) is 3.88. The topological polar surface area (TPSA) is 67.5 Å². The molecule has 0 radical (unpaired) electrons. The first-order chi connectivity index (χ1) is 8.06.